The van der Waals surface area contributed by atoms with Crippen LogP contribution in [0.2, 0.25) is 0 Å². The fraction of sp³-hybridized carbons (Fsp3) is 0.400. The summed E-state index contributed by atoms with van der Waals surface area (Å²) in [4.78, 5) is 18.6. The molecule has 1 unspecified atom stereocenters. The first-order valence-corrected chi connectivity index (χ1v) is 9.50. The molecule has 0 radical (unpaired) electrons. The third-order valence-electron chi connectivity index (χ3n) is 4.63. The van der Waals surface area contributed by atoms with E-state index in [4.69, 9.17) is 4.74 Å². The van der Waals surface area contributed by atoms with Crippen LogP contribution < -0.4 is 4.74 Å². The minimum absolute atomic E-state index is 0.0318. The molecule has 3 rings (SSSR count). The second-order valence-electron chi connectivity index (χ2n) is 6.54. The van der Waals surface area contributed by atoms with Crippen molar-refractivity contribution >= 4 is 23.3 Å². The molecule has 1 aromatic carbocycles. The zero-order valence-electron chi connectivity index (χ0n) is 14.9. The summed E-state index contributed by atoms with van der Waals surface area (Å²) in [5.74, 6) is 1.46. The van der Waals surface area contributed by atoms with Gasteiger partial charge in [0, 0.05) is 30.1 Å². The number of hydrogen-bond acceptors (Lipinski definition) is 4. The van der Waals surface area contributed by atoms with Gasteiger partial charge in [-0.3, -0.25) is 4.79 Å². The second kappa shape index (κ2) is 7.83. The summed E-state index contributed by atoms with van der Waals surface area (Å²) < 4.78 is 5.89. The van der Waals surface area contributed by atoms with Crippen LogP contribution in [-0.4, -0.2) is 28.9 Å². The van der Waals surface area contributed by atoms with Gasteiger partial charge in [-0.25, -0.2) is 4.98 Å². The van der Waals surface area contributed by atoms with Crippen molar-refractivity contribution in [3.63, 3.8) is 0 Å². The van der Waals surface area contributed by atoms with Crippen LogP contribution in [0.25, 0.3) is 6.08 Å². The lowest BCUT2D eigenvalue weighted by Crippen LogP contribution is -2.35. The largest absolute Gasteiger partial charge is 0.487 e. The number of ether oxygens (including phenoxy) is 1. The van der Waals surface area contributed by atoms with Crippen molar-refractivity contribution in [2.24, 2.45) is 5.92 Å². The fourth-order valence-electron chi connectivity index (χ4n) is 2.75. The molecule has 1 heterocycles. The molecule has 4 nitrogen and oxygen atoms in total. The molecule has 0 N–H and O–H groups in total. The molecule has 0 saturated heterocycles. The normalized spacial score (nSPS) is 15.3. The van der Waals surface area contributed by atoms with E-state index in [2.05, 4.69) is 11.9 Å². The van der Waals surface area contributed by atoms with E-state index < -0.39 is 0 Å². The number of para-hydroxylation sites is 1. The van der Waals surface area contributed by atoms with Crippen LogP contribution >= 0.6 is 11.3 Å². The van der Waals surface area contributed by atoms with E-state index in [1.165, 1.54) is 12.8 Å². The molecule has 0 bridgehead atoms. The molecule has 1 saturated carbocycles. The highest BCUT2D eigenvalue weighted by Crippen LogP contribution is 2.34. The van der Waals surface area contributed by atoms with E-state index in [9.17, 15) is 4.79 Å². The predicted molar refractivity (Wildman–Crippen MR) is 102 cm³/mol. The topological polar surface area (TPSA) is 42.4 Å². The molecule has 1 fully saturated rings. The highest BCUT2D eigenvalue weighted by Gasteiger charge is 2.31. The van der Waals surface area contributed by atoms with Crippen molar-refractivity contribution in [3.8, 4) is 5.75 Å². The Balaban J connectivity index is 1.64. The Morgan fingerprint density at radius 1 is 1.44 bits per heavy atom. The first kappa shape index (κ1) is 17.7. The van der Waals surface area contributed by atoms with Gasteiger partial charge in [-0.1, -0.05) is 18.2 Å². The maximum atomic E-state index is 12.4. The number of rotatable bonds is 7. The highest BCUT2D eigenvalue weighted by atomic mass is 32.1. The van der Waals surface area contributed by atoms with Crippen molar-refractivity contribution in [2.75, 3.05) is 7.05 Å². The quantitative estimate of drug-likeness (QED) is 0.695. The van der Waals surface area contributed by atoms with Gasteiger partial charge in [-0.2, -0.15) is 0 Å². The number of hydrogen-bond donors (Lipinski definition) is 0. The van der Waals surface area contributed by atoms with Gasteiger partial charge in [0.1, 0.15) is 12.4 Å². The zero-order valence-corrected chi connectivity index (χ0v) is 15.8. The minimum atomic E-state index is 0.0318. The lowest BCUT2D eigenvalue weighted by Gasteiger charge is -2.23. The number of carbonyl (C=O) groups is 1. The molecular weight excluding hydrogens is 332 g/mol. The third kappa shape index (κ3) is 4.69. The number of aromatic nitrogens is 1. The Labute approximate surface area is 153 Å². The van der Waals surface area contributed by atoms with Crippen LogP contribution in [0.3, 0.4) is 0 Å². The smallest absolute Gasteiger partial charge is 0.246 e. The van der Waals surface area contributed by atoms with Gasteiger partial charge in [-0.05, 0) is 44.7 Å². The SMILES string of the molecule is Cc1nc(COc2ccccc2/C=C/C(=O)N(C)C(C)C2CC2)cs1. The standard InChI is InChI=1S/C20H24N2O2S/c1-14(16-8-9-16)22(3)20(23)11-10-17-6-4-5-7-19(17)24-12-18-13-25-15(2)21-18/h4-7,10-11,13-14,16H,8-9,12H2,1-3H3/b11-10+. The van der Waals surface area contributed by atoms with E-state index in [-0.39, 0.29) is 5.91 Å². The molecule has 132 valence electrons. The number of thiazole rings is 1. The first-order chi connectivity index (χ1) is 12.0. The molecule has 25 heavy (non-hydrogen) atoms. The molecule has 0 spiro atoms. The van der Waals surface area contributed by atoms with Gasteiger partial charge in [0.2, 0.25) is 5.91 Å². The number of amides is 1. The molecule has 1 aliphatic carbocycles. The van der Waals surface area contributed by atoms with Gasteiger partial charge < -0.3 is 9.64 Å². The van der Waals surface area contributed by atoms with Crippen LogP contribution in [0.4, 0.5) is 0 Å². The highest BCUT2D eigenvalue weighted by molar-refractivity contribution is 7.09. The van der Waals surface area contributed by atoms with Crippen molar-refractivity contribution in [3.05, 3.63) is 52.0 Å². The van der Waals surface area contributed by atoms with Crippen LogP contribution in [0.1, 0.15) is 36.0 Å². The fourth-order valence-corrected chi connectivity index (χ4v) is 3.35. The lowest BCUT2D eigenvalue weighted by atomic mass is 10.1. The van der Waals surface area contributed by atoms with Crippen LogP contribution in [0.5, 0.6) is 5.75 Å². The van der Waals surface area contributed by atoms with E-state index in [1.807, 2.05) is 54.6 Å². The molecule has 2 aromatic rings. The summed E-state index contributed by atoms with van der Waals surface area (Å²) in [7, 11) is 1.88. The van der Waals surface area contributed by atoms with Gasteiger partial charge in [0.05, 0.1) is 10.7 Å². The van der Waals surface area contributed by atoms with E-state index in [0.717, 1.165) is 22.0 Å². The summed E-state index contributed by atoms with van der Waals surface area (Å²) in [5.41, 5.74) is 1.82. The Hall–Kier alpha value is -2.14. The number of likely N-dealkylation sites (N-methyl/N-ethyl adjacent to an activating group) is 1. The zero-order chi connectivity index (χ0) is 17.8. The third-order valence-corrected chi connectivity index (χ3v) is 5.45. The first-order valence-electron chi connectivity index (χ1n) is 8.62. The predicted octanol–water partition coefficient (Wildman–Crippen LogP) is 4.30. The molecule has 1 atom stereocenters. The van der Waals surface area contributed by atoms with Gasteiger partial charge >= 0.3 is 0 Å². The molecular formula is C20H24N2O2S. The monoisotopic (exact) mass is 356 g/mol. The molecule has 1 aliphatic rings. The molecule has 5 heteroatoms. The van der Waals surface area contributed by atoms with Crippen LogP contribution in [0, 0.1) is 12.8 Å². The number of benzene rings is 1. The lowest BCUT2D eigenvalue weighted by molar-refractivity contribution is -0.126. The van der Waals surface area contributed by atoms with E-state index in [0.29, 0.717) is 18.6 Å². The van der Waals surface area contributed by atoms with E-state index in [1.54, 1.807) is 17.4 Å². The Bertz CT molecular complexity index is 765. The maximum Gasteiger partial charge on any atom is 0.246 e. The van der Waals surface area contributed by atoms with Gasteiger partial charge in [0.25, 0.3) is 0 Å². The second-order valence-corrected chi connectivity index (χ2v) is 7.61. The summed E-state index contributed by atoms with van der Waals surface area (Å²) >= 11 is 1.62. The van der Waals surface area contributed by atoms with Crippen molar-refractivity contribution in [2.45, 2.75) is 39.3 Å². The Kier molecular flexibility index (Phi) is 5.53. The van der Waals surface area contributed by atoms with Gasteiger partial charge in [0.15, 0.2) is 0 Å². The summed E-state index contributed by atoms with van der Waals surface area (Å²) in [6.07, 6.45) is 5.93. The summed E-state index contributed by atoms with van der Waals surface area (Å²) in [6.45, 7) is 4.54. The summed E-state index contributed by atoms with van der Waals surface area (Å²) in [6, 6.07) is 8.05. The average molecular weight is 356 g/mol. The van der Waals surface area contributed by atoms with Gasteiger partial charge in [-0.15, -0.1) is 11.3 Å². The van der Waals surface area contributed by atoms with Crippen molar-refractivity contribution in [1.29, 1.82) is 0 Å². The number of carbonyl (C=O) groups excluding carboxylic acids is 1. The number of nitrogens with zero attached hydrogens (tertiary/aromatic N) is 2. The van der Waals surface area contributed by atoms with Crippen molar-refractivity contribution < 1.29 is 9.53 Å². The molecule has 1 amide bonds. The number of aryl methyl sites for hydroxylation is 1. The molecule has 1 aromatic heterocycles. The summed E-state index contributed by atoms with van der Waals surface area (Å²) in [5, 5.41) is 3.04. The minimum Gasteiger partial charge on any atom is -0.487 e. The Morgan fingerprint density at radius 3 is 2.88 bits per heavy atom. The molecule has 0 aliphatic heterocycles. The Morgan fingerprint density at radius 2 is 2.20 bits per heavy atom. The van der Waals surface area contributed by atoms with Crippen LogP contribution in [-0.2, 0) is 11.4 Å². The average Bonchev–Trinajstić information content (AvgIpc) is 3.39. The van der Waals surface area contributed by atoms with Crippen LogP contribution in [0.15, 0.2) is 35.7 Å². The van der Waals surface area contributed by atoms with Crippen molar-refractivity contribution in [1.82, 2.24) is 9.88 Å². The maximum absolute atomic E-state index is 12.4. The van der Waals surface area contributed by atoms with E-state index >= 15 is 0 Å².